The first-order valence-corrected chi connectivity index (χ1v) is 46.4. The molecule has 0 spiro atoms. The number of aliphatic hydroxyl groups excluding tert-OH is 3. The zero-order chi connectivity index (χ0) is 93.6. The lowest BCUT2D eigenvalue weighted by Gasteiger charge is -2.32. The Bertz CT molecular complexity index is 5670. The van der Waals surface area contributed by atoms with Crippen LogP contribution in [0.1, 0.15) is 187 Å². The number of rotatable bonds is 34. The predicted molar refractivity (Wildman–Crippen MR) is 530 cm³/mol. The summed E-state index contributed by atoms with van der Waals surface area (Å²) in [5, 5.41) is 47.6. The number of methoxy groups -OCH3 is 4. The molecule has 2 aromatic carbocycles. The Labute approximate surface area is 780 Å². The zero-order valence-electron chi connectivity index (χ0n) is 79.4. The summed E-state index contributed by atoms with van der Waals surface area (Å²) in [5.74, 6) is 6.06. The van der Waals surface area contributed by atoms with Crippen LogP contribution in [0.2, 0.25) is 0 Å². The SMILES string of the molecule is CCCCC(C)(CO)Nc1nc(N)nc2cc(-c3ccc(C4CCN(C)CC4)nc3)cnc12.CCCCC(C)(CO)Nc1nc(NCc2ccc(OC)cc2OC)nc2cc(-c3ccc(C4=CCN(C)CC4)nc3)cnc12.CCCCC(C)(CO)Nc1nc(NCc2ccc(OC)cc2OC)nc2cc(B3OC(C)(C)C(C)(C)O3)cnc12.CN1CC=C(c2ccc(Br)cn2)CC1. The van der Waals surface area contributed by atoms with Crippen molar-refractivity contribution in [1.29, 1.82) is 0 Å². The highest BCUT2D eigenvalue weighted by Crippen LogP contribution is 2.40. The van der Waals surface area contributed by atoms with E-state index in [1.54, 1.807) is 34.6 Å². The van der Waals surface area contributed by atoms with E-state index in [0.717, 1.165) is 189 Å². The summed E-state index contributed by atoms with van der Waals surface area (Å²) in [6, 6.07) is 29.8. The second-order valence-electron chi connectivity index (χ2n) is 36.4. The quantitative estimate of drug-likeness (QED) is 0.0169. The van der Waals surface area contributed by atoms with Crippen LogP contribution >= 0.6 is 15.9 Å². The molecule has 0 radical (unpaired) electrons. The molecule has 30 nitrogen and oxygen atoms in total. The van der Waals surface area contributed by atoms with Crippen molar-refractivity contribution in [3.05, 3.63) is 173 Å². The average Bonchev–Trinajstić information content (AvgIpc) is 1.55. The molecule has 3 atom stereocenters. The van der Waals surface area contributed by atoms with E-state index in [0.29, 0.717) is 98.7 Å². The van der Waals surface area contributed by atoms with Gasteiger partial charge in [-0.15, -0.1) is 0 Å². The van der Waals surface area contributed by atoms with Crippen molar-refractivity contribution in [2.24, 2.45) is 0 Å². The molecule has 32 heteroatoms. The normalized spacial score (nSPS) is 16.6. The molecule has 15 rings (SSSR count). The summed E-state index contributed by atoms with van der Waals surface area (Å²) in [5.41, 5.74) is 19.7. The van der Waals surface area contributed by atoms with E-state index in [9.17, 15) is 15.3 Å². The fraction of sp³-hybridized carbons (Fsp3) is 0.475. The van der Waals surface area contributed by atoms with Gasteiger partial charge in [0.2, 0.25) is 17.8 Å². The molecule has 698 valence electrons. The lowest BCUT2D eigenvalue weighted by atomic mass is 9.80. The van der Waals surface area contributed by atoms with Gasteiger partial charge >= 0.3 is 7.12 Å². The first kappa shape index (κ1) is 99.1. The summed E-state index contributed by atoms with van der Waals surface area (Å²) < 4.78 is 35.4. The summed E-state index contributed by atoms with van der Waals surface area (Å²) >= 11 is 3.39. The number of nitrogens with two attached hydrogens (primary N) is 1. The Morgan fingerprint density at radius 2 is 0.908 bits per heavy atom. The average molecular weight is 1850 g/mol. The van der Waals surface area contributed by atoms with Gasteiger partial charge in [-0.2, -0.15) is 15.0 Å². The van der Waals surface area contributed by atoms with Crippen molar-refractivity contribution >= 4 is 108 Å². The molecule has 2 fully saturated rings. The number of unbranched alkanes of at least 4 members (excludes halogenated alkanes) is 3. The maximum atomic E-state index is 10.3. The molecule has 4 aliphatic heterocycles. The Kier molecular flexibility index (Phi) is 34.4. The van der Waals surface area contributed by atoms with Crippen molar-refractivity contribution in [1.82, 2.24) is 74.5 Å². The Morgan fingerprint density at radius 1 is 0.481 bits per heavy atom. The molecule has 0 amide bonds. The third-order valence-electron chi connectivity index (χ3n) is 25.2. The molecule has 0 aliphatic carbocycles. The van der Waals surface area contributed by atoms with E-state index in [4.69, 9.17) is 73.9 Å². The first-order chi connectivity index (χ1) is 62.9. The molecular formula is C99H133BBrN21O9. The second-order valence-corrected chi connectivity index (χ2v) is 37.3. The summed E-state index contributed by atoms with van der Waals surface area (Å²) in [4.78, 5) is 63.2. The number of piperidine rings is 1. The number of halogens is 1. The molecule has 9 aromatic heterocycles. The van der Waals surface area contributed by atoms with Gasteiger partial charge in [0, 0.05) is 144 Å². The smallest absolute Gasteiger partial charge is 0.496 e. The molecule has 3 unspecified atom stereocenters. The fourth-order valence-corrected chi connectivity index (χ4v) is 16.1. The minimum Gasteiger partial charge on any atom is -0.497 e. The van der Waals surface area contributed by atoms with E-state index in [-0.39, 0.29) is 25.8 Å². The summed E-state index contributed by atoms with van der Waals surface area (Å²) in [6.07, 6.45) is 28.4. The van der Waals surface area contributed by atoms with Crippen LogP contribution in [0.25, 0.3) is 66.5 Å². The number of nitrogen functional groups attached to an aromatic ring is 1. The van der Waals surface area contributed by atoms with Gasteiger partial charge < -0.3 is 90.6 Å². The van der Waals surface area contributed by atoms with Crippen molar-refractivity contribution in [2.75, 3.05) is 141 Å². The van der Waals surface area contributed by atoms with E-state index in [1.165, 1.54) is 11.1 Å². The third-order valence-corrected chi connectivity index (χ3v) is 25.6. The molecule has 0 saturated carbocycles. The first-order valence-electron chi connectivity index (χ1n) is 45.6. The number of nitrogens with zero attached hydrogens (tertiary/aromatic N) is 15. The lowest BCUT2D eigenvalue weighted by Crippen LogP contribution is -2.41. The molecule has 0 bridgehead atoms. The number of fused-ring (bicyclic) bond motifs is 3. The van der Waals surface area contributed by atoms with Crippen LogP contribution in [0.5, 0.6) is 23.0 Å². The van der Waals surface area contributed by atoms with Gasteiger partial charge in [0.15, 0.2) is 17.5 Å². The van der Waals surface area contributed by atoms with Crippen LogP contribution < -0.4 is 56.7 Å². The highest BCUT2D eigenvalue weighted by atomic mass is 79.9. The number of hydrogen-bond donors (Lipinski definition) is 9. The van der Waals surface area contributed by atoms with Gasteiger partial charge in [-0.1, -0.05) is 83.6 Å². The molecular weight excluding hydrogens is 1720 g/mol. The maximum Gasteiger partial charge on any atom is 0.496 e. The number of benzene rings is 2. The molecule has 11 aromatic rings. The largest absolute Gasteiger partial charge is 0.497 e. The summed E-state index contributed by atoms with van der Waals surface area (Å²) in [6.45, 7) is 27.6. The summed E-state index contributed by atoms with van der Waals surface area (Å²) in [7, 11) is 12.4. The van der Waals surface area contributed by atoms with Crippen molar-refractivity contribution in [2.45, 2.75) is 200 Å². The minimum absolute atomic E-state index is 0.00815. The van der Waals surface area contributed by atoms with Gasteiger partial charge in [0.25, 0.3) is 0 Å². The molecule has 4 aliphatic rings. The van der Waals surface area contributed by atoms with Crippen molar-refractivity contribution in [3.8, 4) is 45.3 Å². The van der Waals surface area contributed by atoms with Gasteiger partial charge in [0.05, 0.1) is 104 Å². The van der Waals surface area contributed by atoms with Crippen LogP contribution in [-0.2, 0) is 22.4 Å². The number of likely N-dealkylation sites (tertiary alicyclic amines) is 1. The number of anilines is 6. The Morgan fingerprint density at radius 3 is 1.31 bits per heavy atom. The second kappa shape index (κ2) is 45.5. The van der Waals surface area contributed by atoms with Gasteiger partial charge in [-0.25, -0.2) is 15.0 Å². The van der Waals surface area contributed by atoms with E-state index in [1.807, 2.05) is 140 Å². The zero-order valence-corrected chi connectivity index (χ0v) is 80.9. The maximum absolute atomic E-state index is 10.3. The topological polar surface area (TPSA) is 367 Å². The van der Waals surface area contributed by atoms with Crippen LogP contribution in [0, 0.1) is 0 Å². The molecule has 2 saturated heterocycles. The third kappa shape index (κ3) is 26.1. The van der Waals surface area contributed by atoms with Crippen LogP contribution in [0.4, 0.5) is 35.3 Å². The standard InChI is InChI=1S/C34H43N7O3.C29H42BN5O5.C25H35N7O.C11H13BrN2/c1-6-7-14-34(2,22-42)40-32-31-29(38-33(39-32)37-20-25-8-10-27(43-4)18-30(25)44-5)17-26(21-36-31)24-9-11-28(35-19-24)23-12-15-41(3)16-13-23;1-9-10-13-29(6,18-36)35-25-24-22(14-20(17-31-24)30-39-27(2,3)28(4,5)40-30)33-26(34-25)32-16-19-11-12-21(37-7)15-23(19)38-8;1-4-5-10-25(2,16-33)31-23-22-21(29-24(26)30-23)13-19(15-28-22)18-6-7-20(27-14-18)17-8-11-32(3)12-9-17;1-14-6-4-9(5-7-14)11-3-2-10(12)8-13-11/h8-12,17-19,21,42H,6-7,13-16,20,22H2,1-5H3,(H2,37,38,39,40);11-12,14-15,17,36H,9-10,13,16,18H2,1-8H3,(H2,32,33,34,35);6-7,13-15,17,33H,4-5,8-12,16H2,1-3H3,(H3,26,29,30,31);2-4,8H,5-7H2,1H3. The highest BCUT2D eigenvalue weighted by molar-refractivity contribution is 9.10. The predicted octanol–water partition coefficient (Wildman–Crippen LogP) is 16.5. The van der Waals surface area contributed by atoms with E-state index in [2.05, 4.69) is 162 Å². The van der Waals surface area contributed by atoms with Crippen LogP contribution in [-0.4, -0.2) is 233 Å². The van der Waals surface area contributed by atoms with Crippen molar-refractivity contribution in [3.63, 3.8) is 0 Å². The molecule has 13 heterocycles. The van der Waals surface area contributed by atoms with Crippen molar-refractivity contribution < 1.29 is 43.6 Å². The van der Waals surface area contributed by atoms with Crippen LogP contribution in [0.15, 0.2) is 145 Å². The number of likely N-dealkylation sites (N-methyl/N-ethyl adjacent to an activating group) is 2. The Balaban J connectivity index is 0.000000166. The monoisotopic (exact) mass is 1850 g/mol. The highest BCUT2D eigenvalue weighted by Gasteiger charge is 2.52. The number of pyridine rings is 6. The number of hydrogen-bond acceptors (Lipinski definition) is 30. The van der Waals surface area contributed by atoms with Gasteiger partial charge in [0.1, 0.15) is 39.5 Å². The van der Waals surface area contributed by atoms with Gasteiger partial charge in [-0.05, 0) is 221 Å². The lowest BCUT2D eigenvalue weighted by molar-refractivity contribution is 0.00578. The fourth-order valence-electron chi connectivity index (χ4n) is 15.8. The molecule has 131 heavy (non-hydrogen) atoms. The number of aromatic nitrogens is 12. The molecule has 10 N–H and O–H groups in total. The van der Waals surface area contributed by atoms with E-state index >= 15 is 0 Å². The number of ether oxygens (including phenoxy) is 4. The number of nitrogens with one attached hydrogen (secondary N) is 5. The van der Waals surface area contributed by atoms with E-state index < -0.39 is 34.9 Å². The minimum atomic E-state index is -0.570. The van der Waals surface area contributed by atoms with Crippen LogP contribution in [0.3, 0.4) is 0 Å². The number of aliphatic hydroxyl groups is 3. The Hall–Kier alpha value is -10.9. The van der Waals surface area contributed by atoms with Gasteiger partial charge in [-0.3, -0.25) is 29.9 Å².